The van der Waals surface area contributed by atoms with Crippen molar-refractivity contribution < 1.29 is 49.0 Å². The van der Waals surface area contributed by atoms with Crippen molar-refractivity contribution in [1.29, 1.82) is 0 Å². The number of esters is 2. The van der Waals surface area contributed by atoms with Gasteiger partial charge in [0.1, 0.15) is 31.0 Å². The quantitative estimate of drug-likeness (QED) is 0.0267. The van der Waals surface area contributed by atoms with E-state index >= 15 is 0 Å². The summed E-state index contributed by atoms with van der Waals surface area (Å²) in [6.45, 7) is 3.39. The number of aliphatic hydroxyl groups excluding tert-OH is 4. The van der Waals surface area contributed by atoms with Crippen molar-refractivity contribution in [3.05, 3.63) is 36.5 Å². The van der Waals surface area contributed by atoms with Crippen molar-refractivity contribution in [3.8, 4) is 0 Å². The number of unbranched alkanes of at least 4 members (excludes halogenated alkanes) is 23. The third-order valence-electron chi connectivity index (χ3n) is 11.0. The SMILES string of the molecule is CCCCCC/C=C\CCCCCCCC(=O)OCC(COC1OC(CO)C(O)C(O)C1O)OC(=O)CCCCCCCCCCC/C=C\C/C=C\CCCCCCC. The van der Waals surface area contributed by atoms with Crippen molar-refractivity contribution in [3.63, 3.8) is 0 Å². The molecule has 0 spiro atoms. The summed E-state index contributed by atoms with van der Waals surface area (Å²) in [5.41, 5.74) is 0. The highest BCUT2D eigenvalue weighted by Crippen LogP contribution is 2.23. The van der Waals surface area contributed by atoms with Crippen LogP contribution in [0, 0.1) is 0 Å². The van der Waals surface area contributed by atoms with E-state index in [1.807, 2.05) is 0 Å². The van der Waals surface area contributed by atoms with E-state index in [2.05, 4.69) is 50.3 Å². The topological polar surface area (TPSA) is 152 Å². The Labute approximate surface area is 359 Å². The molecule has 10 heteroatoms. The number of carbonyl (C=O) groups excluding carboxylic acids is 2. The van der Waals surface area contributed by atoms with E-state index in [-0.39, 0.29) is 32.0 Å². The molecule has 0 aromatic heterocycles. The summed E-state index contributed by atoms with van der Waals surface area (Å²) in [7, 11) is 0. The number of allylic oxidation sites excluding steroid dienone is 6. The van der Waals surface area contributed by atoms with E-state index in [1.54, 1.807) is 0 Å². The number of carbonyl (C=O) groups is 2. The predicted octanol–water partition coefficient (Wildman–Crippen LogP) is 10.7. The Morgan fingerprint density at radius 2 is 0.949 bits per heavy atom. The number of hydrogen-bond acceptors (Lipinski definition) is 10. The van der Waals surface area contributed by atoms with Gasteiger partial charge < -0.3 is 39.4 Å². The fourth-order valence-electron chi connectivity index (χ4n) is 7.15. The molecule has 6 atom stereocenters. The molecule has 0 radical (unpaired) electrons. The summed E-state index contributed by atoms with van der Waals surface area (Å²) in [6, 6.07) is 0. The predicted molar refractivity (Wildman–Crippen MR) is 238 cm³/mol. The van der Waals surface area contributed by atoms with Crippen LogP contribution in [0.2, 0.25) is 0 Å². The minimum absolute atomic E-state index is 0.223. The molecule has 0 aromatic rings. The van der Waals surface area contributed by atoms with Crippen LogP contribution in [-0.2, 0) is 28.5 Å². The lowest BCUT2D eigenvalue weighted by molar-refractivity contribution is -0.305. The second kappa shape index (κ2) is 40.0. The van der Waals surface area contributed by atoms with Gasteiger partial charge in [0.25, 0.3) is 0 Å². The maximum absolute atomic E-state index is 12.8. The van der Waals surface area contributed by atoms with Crippen molar-refractivity contribution in [2.45, 2.75) is 243 Å². The molecule has 1 saturated heterocycles. The molecule has 0 bridgehead atoms. The molecule has 59 heavy (non-hydrogen) atoms. The molecule has 1 aliphatic rings. The van der Waals surface area contributed by atoms with E-state index < -0.39 is 49.4 Å². The smallest absolute Gasteiger partial charge is 0.306 e. The van der Waals surface area contributed by atoms with Crippen LogP contribution in [0.4, 0.5) is 0 Å². The molecular formula is C49H88O10. The zero-order valence-electron chi connectivity index (χ0n) is 37.5. The summed E-state index contributed by atoms with van der Waals surface area (Å²) in [5, 5.41) is 40.1. The molecule has 10 nitrogen and oxygen atoms in total. The van der Waals surface area contributed by atoms with Crippen LogP contribution in [0.3, 0.4) is 0 Å². The first kappa shape index (κ1) is 54.9. The highest BCUT2D eigenvalue weighted by molar-refractivity contribution is 5.70. The number of aliphatic hydroxyl groups is 4. The average Bonchev–Trinajstić information content (AvgIpc) is 3.23. The summed E-state index contributed by atoms with van der Waals surface area (Å²) < 4.78 is 22.2. The minimum atomic E-state index is -1.60. The van der Waals surface area contributed by atoms with Crippen molar-refractivity contribution in [2.75, 3.05) is 19.8 Å². The van der Waals surface area contributed by atoms with E-state index in [4.69, 9.17) is 18.9 Å². The zero-order valence-corrected chi connectivity index (χ0v) is 37.5. The van der Waals surface area contributed by atoms with Crippen LogP contribution < -0.4 is 0 Å². The maximum atomic E-state index is 12.8. The molecule has 4 N–H and O–H groups in total. The van der Waals surface area contributed by atoms with Gasteiger partial charge in [0.2, 0.25) is 0 Å². The van der Waals surface area contributed by atoms with E-state index in [0.29, 0.717) is 12.8 Å². The Morgan fingerprint density at radius 3 is 1.44 bits per heavy atom. The lowest BCUT2D eigenvalue weighted by Crippen LogP contribution is -2.59. The van der Waals surface area contributed by atoms with Crippen LogP contribution >= 0.6 is 0 Å². The first-order valence-corrected chi connectivity index (χ1v) is 24.1. The van der Waals surface area contributed by atoms with Gasteiger partial charge in [-0.15, -0.1) is 0 Å². The minimum Gasteiger partial charge on any atom is -0.462 e. The summed E-state index contributed by atoms with van der Waals surface area (Å²) in [6.07, 6.45) is 38.6. The summed E-state index contributed by atoms with van der Waals surface area (Å²) in [5.74, 6) is -0.818. The maximum Gasteiger partial charge on any atom is 0.306 e. The molecule has 1 aliphatic heterocycles. The van der Waals surface area contributed by atoms with Gasteiger partial charge in [-0.3, -0.25) is 9.59 Å². The van der Waals surface area contributed by atoms with E-state index in [9.17, 15) is 30.0 Å². The third-order valence-corrected chi connectivity index (χ3v) is 11.0. The van der Waals surface area contributed by atoms with Gasteiger partial charge in [-0.25, -0.2) is 0 Å². The lowest BCUT2D eigenvalue weighted by Gasteiger charge is -2.39. The standard InChI is InChI=1S/C49H88O10/c1-3-5-7-9-11-13-15-17-18-19-20-21-22-23-24-26-28-30-32-34-36-38-45(52)58-42(41-57-49-48(55)47(54)46(53)43(39-50)59-49)40-56-44(51)37-35-33-31-29-27-25-16-14-12-10-8-6-4-2/h14-17,19-20,42-43,46-50,53-55H,3-13,18,21-41H2,1-2H3/b16-14-,17-15-,20-19-. The third kappa shape index (κ3) is 31.4. The number of rotatable bonds is 40. The van der Waals surface area contributed by atoms with Gasteiger partial charge in [0, 0.05) is 12.8 Å². The number of hydrogen-bond donors (Lipinski definition) is 4. The number of ether oxygens (including phenoxy) is 4. The average molecular weight is 837 g/mol. The monoisotopic (exact) mass is 837 g/mol. The molecule has 0 aromatic carbocycles. The molecule has 0 aliphatic carbocycles. The van der Waals surface area contributed by atoms with Crippen molar-refractivity contribution in [2.24, 2.45) is 0 Å². The zero-order chi connectivity index (χ0) is 43.0. The molecule has 1 fully saturated rings. The molecule has 6 unspecified atom stereocenters. The van der Waals surface area contributed by atoms with Crippen LogP contribution in [0.5, 0.6) is 0 Å². The summed E-state index contributed by atoms with van der Waals surface area (Å²) in [4.78, 5) is 25.4. The Kier molecular flexibility index (Phi) is 37.3. The van der Waals surface area contributed by atoms with Crippen molar-refractivity contribution in [1.82, 2.24) is 0 Å². The van der Waals surface area contributed by atoms with Crippen molar-refractivity contribution >= 4 is 11.9 Å². The molecule has 1 rings (SSSR count). The van der Waals surface area contributed by atoms with Gasteiger partial charge in [0.05, 0.1) is 13.2 Å². The van der Waals surface area contributed by atoms with Gasteiger partial charge in [-0.1, -0.05) is 159 Å². The molecule has 0 saturated carbocycles. The van der Waals surface area contributed by atoms with E-state index in [1.165, 1.54) is 103 Å². The van der Waals surface area contributed by atoms with Gasteiger partial charge in [-0.05, 0) is 70.6 Å². The first-order valence-electron chi connectivity index (χ1n) is 24.1. The van der Waals surface area contributed by atoms with Gasteiger partial charge in [-0.2, -0.15) is 0 Å². The Morgan fingerprint density at radius 1 is 0.525 bits per heavy atom. The second-order valence-corrected chi connectivity index (χ2v) is 16.6. The van der Waals surface area contributed by atoms with E-state index in [0.717, 1.165) is 64.2 Å². The van der Waals surface area contributed by atoms with Gasteiger partial charge in [0.15, 0.2) is 12.4 Å². The highest BCUT2D eigenvalue weighted by Gasteiger charge is 2.44. The highest BCUT2D eigenvalue weighted by atomic mass is 16.7. The normalized spacial score (nSPS) is 20.3. The molecule has 1 heterocycles. The van der Waals surface area contributed by atoms with Crippen LogP contribution in [-0.4, -0.2) is 89.0 Å². The lowest BCUT2D eigenvalue weighted by atomic mass is 9.99. The second-order valence-electron chi connectivity index (χ2n) is 16.6. The summed E-state index contributed by atoms with van der Waals surface area (Å²) >= 11 is 0. The molecule has 344 valence electrons. The van der Waals surface area contributed by atoms with Crippen LogP contribution in [0.1, 0.15) is 206 Å². The van der Waals surface area contributed by atoms with Gasteiger partial charge >= 0.3 is 11.9 Å². The van der Waals surface area contributed by atoms with Crippen LogP contribution in [0.15, 0.2) is 36.5 Å². The van der Waals surface area contributed by atoms with Crippen LogP contribution in [0.25, 0.3) is 0 Å². The Balaban J connectivity index is 2.29. The Bertz CT molecular complexity index is 1060. The fraction of sp³-hybridized carbons (Fsp3) is 0.837. The fourth-order valence-corrected chi connectivity index (χ4v) is 7.15. The Hall–Kier alpha value is -2.08. The molecular weight excluding hydrogens is 749 g/mol. The molecule has 0 amide bonds. The first-order chi connectivity index (χ1) is 28.8. The largest absolute Gasteiger partial charge is 0.462 e.